The van der Waals surface area contributed by atoms with Gasteiger partial charge in [-0.15, -0.1) is 4.09 Å². The highest BCUT2D eigenvalue weighted by Gasteiger charge is 2.25. The molecule has 0 atom stereocenters. The quantitative estimate of drug-likeness (QED) is 0.851. The maximum atomic E-state index is 12.4. The molecule has 0 aliphatic carbocycles. The number of carbonyl (C=O) groups excluding carboxylic acids is 1. The fourth-order valence-corrected chi connectivity index (χ4v) is 2.92. The molecule has 0 unspecified atom stereocenters. The van der Waals surface area contributed by atoms with Crippen LogP contribution in [-0.4, -0.2) is 30.2 Å². The van der Waals surface area contributed by atoms with Crippen LogP contribution in [-0.2, 0) is 14.8 Å². The van der Waals surface area contributed by atoms with Crippen molar-refractivity contribution in [1.29, 1.82) is 0 Å². The first-order valence-corrected chi connectivity index (χ1v) is 7.64. The zero-order valence-corrected chi connectivity index (χ0v) is 12.4. The second-order valence-corrected chi connectivity index (χ2v) is 6.09. The van der Waals surface area contributed by atoms with Crippen molar-refractivity contribution in [3.63, 3.8) is 0 Å². The highest BCUT2D eigenvalue weighted by atomic mass is 32.2. The molecule has 0 fully saturated rings. The third-order valence-corrected chi connectivity index (χ3v) is 4.43. The van der Waals surface area contributed by atoms with Gasteiger partial charge in [0.1, 0.15) is 5.56 Å². The molecule has 1 aromatic carbocycles. The van der Waals surface area contributed by atoms with E-state index >= 15 is 0 Å². The number of nitrogen functional groups attached to an aromatic ring is 1. The van der Waals surface area contributed by atoms with Gasteiger partial charge in [0.15, 0.2) is 5.82 Å². The molecule has 1 heterocycles. The van der Waals surface area contributed by atoms with Crippen LogP contribution >= 0.6 is 0 Å². The molecule has 0 aliphatic rings. The van der Waals surface area contributed by atoms with Crippen molar-refractivity contribution in [1.82, 2.24) is 9.19 Å². The number of nitrogens with zero attached hydrogens (tertiary/aromatic N) is 2. The van der Waals surface area contributed by atoms with E-state index in [4.69, 9.17) is 10.5 Å². The molecule has 8 heteroatoms. The minimum absolute atomic E-state index is 0.0401. The van der Waals surface area contributed by atoms with Gasteiger partial charge in [-0.2, -0.15) is 13.5 Å². The van der Waals surface area contributed by atoms with Gasteiger partial charge in [0.05, 0.1) is 17.7 Å². The monoisotopic (exact) mass is 309 g/mol. The molecular formula is C13H15N3O4S. The summed E-state index contributed by atoms with van der Waals surface area (Å²) in [4.78, 5) is 11.7. The van der Waals surface area contributed by atoms with E-state index in [0.717, 1.165) is 11.8 Å². The van der Waals surface area contributed by atoms with Gasteiger partial charge < -0.3 is 10.5 Å². The van der Waals surface area contributed by atoms with E-state index in [9.17, 15) is 13.2 Å². The Morgan fingerprint density at radius 1 is 1.33 bits per heavy atom. The van der Waals surface area contributed by atoms with Crippen molar-refractivity contribution in [2.45, 2.75) is 18.7 Å². The summed E-state index contributed by atoms with van der Waals surface area (Å²) < 4.78 is 30.3. The standard InChI is InChI=1S/C13H15N3O4S/c1-3-20-13(17)11-8-15-16(12(11)14)21(18,19)10-6-4-9(2)5-7-10/h4-8H,3,14H2,1-2H3. The van der Waals surface area contributed by atoms with Crippen LogP contribution in [0.3, 0.4) is 0 Å². The van der Waals surface area contributed by atoms with Gasteiger partial charge in [-0.05, 0) is 26.0 Å². The predicted octanol–water partition coefficient (Wildman–Crippen LogP) is 1.19. The lowest BCUT2D eigenvalue weighted by molar-refractivity contribution is 0.0527. The molecule has 0 amide bonds. The van der Waals surface area contributed by atoms with Crippen molar-refractivity contribution >= 4 is 21.8 Å². The van der Waals surface area contributed by atoms with Crippen LogP contribution < -0.4 is 5.73 Å². The number of hydrogen-bond donors (Lipinski definition) is 1. The molecule has 0 saturated heterocycles. The molecular weight excluding hydrogens is 294 g/mol. The maximum Gasteiger partial charge on any atom is 0.343 e. The topological polar surface area (TPSA) is 104 Å². The van der Waals surface area contributed by atoms with Crippen LogP contribution in [0.15, 0.2) is 35.4 Å². The Balaban J connectivity index is 2.47. The molecule has 1 aromatic heterocycles. The largest absolute Gasteiger partial charge is 0.462 e. The van der Waals surface area contributed by atoms with Crippen molar-refractivity contribution in [2.75, 3.05) is 12.3 Å². The Labute approximate surface area is 122 Å². The van der Waals surface area contributed by atoms with Gasteiger partial charge in [-0.1, -0.05) is 17.7 Å². The predicted molar refractivity (Wildman–Crippen MR) is 76.4 cm³/mol. The van der Waals surface area contributed by atoms with Crippen LogP contribution in [0, 0.1) is 6.92 Å². The van der Waals surface area contributed by atoms with E-state index in [0.29, 0.717) is 4.09 Å². The van der Waals surface area contributed by atoms with E-state index in [1.54, 1.807) is 19.1 Å². The second-order valence-electron chi connectivity index (χ2n) is 4.33. The summed E-state index contributed by atoms with van der Waals surface area (Å²) in [6.45, 7) is 3.65. The van der Waals surface area contributed by atoms with E-state index in [-0.39, 0.29) is 22.9 Å². The van der Waals surface area contributed by atoms with Crippen LogP contribution in [0.1, 0.15) is 22.8 Å². The number of aryl methyl sites for hydroxylation is 1. The minimum atomic E-state index is -3.94. The molecule has 112 valence electrons. The Morgan fingerprint density at radius 3 is 2.52 bits per heavy atom. The molecule has 0 aliphatic heterocycles. The summed E-state index contributed by atoms with van der Waals surface area (Å²) in [6.07, 6.45) is 1.08. The summed E-state index contributed by atoms with van der Waals surface area (Å²) in [7, 11) is -3.94. The van der Waals surface area contributed by atoms with E-state index in [1.165, 1.54) is 12.1 Å². The molecule has 21 heavy (non-hydrogen) atoms. The Morgan fingerprint density at radius 2 is 1.95 bits per heavy atom. The zero-order valence-electron chi connectivity index (χ0n) is 11.6. The van der Waals surface area contributed by atoms with Gasteiger partial charge in [-0.3, -0.25) is 0 Å². The van der Waals surface area contributed by atoms with Crippen molar-refractivity contribution < 1.29 is 17.9 Å². The summed E-state index contributed by atoms with van der Waals surface area (Å²) in [5.74, 6) is -0.977. The average molecular weight is 309 g/mol. The van der Waals surface area contributed by atoms with Crippen molar-refractivity contribution in [2.24, 2.45) is 0 Å². The lowest BCUT2D eigenvalue weighted by atomic mass is 10.2. The molecule has 2 aromatic rings. The first-order chi connectivity index (χ1) is 9.87. The third-order valence-electron chi connectivity index (χ3n) is 2.82. The molecule has 7 nitrogen and oxygen atoms in total. The smallest absolute Gasteiger partial charge is 0.343 e. The van der Waals surface area contributed by atoms with E-state index in [2.05, 4.69) is 5.10 Å². The molecule has 0 saturated carbocycles. The van der Waals surface area contributed by atoms with Crippen LogP contribution in [0.4, 0.5) is 5.82 Å². The molecule has 2 N–H and O–H groups in total. The molecule has 2 rings (SSSR count). The number of carbonyl (C=O) groups is 1. The molecule has 0 spiro atoms. The Bertz CT molecular complexity index is 763. The van der Waals surface area contributed by atoms with Crippen LogP contribution in [0.2, 0.25) is 0 Å². The normalized spacial score (nSPS) is 11.3. The van der Waals surface area contributed by atoms with E-state index in [1.807, 2.05) is 6.92 Å². The van der Waals surface area contributed by atoms with Gasteiger partial charge in [0.25, 0.3) is 10.0 Å². The lowest BCUT2D eigenvalue weighted by Gasteiger charge is -2.07. The van der Waals surface area contributed by atoms with Gasteiger partial charge in [0, 0.05) is 0 Å². The Kier molecular flexibility index (Phi) is 3.99. The van der Waals surface area contributed by atoms with Crippen LogP contribution in [0.5, 0.6) is 0 Å². The Hall–Kier alpha value is -2.35. The summed E-state index contributed by atoms with van der Waals surface area (Å²) >= 11 is 0. The first kappa shape index (κ1) is 15.0. The second kappa shape index (κ2) is 5.57. The summed E-state index contributed by atoms with van der Waals surface area (Å²) in [5.41, 5.74) is 6.56. The summed E-state index contributed by atoms with van der Waals surface area (Å²) in [5, 5.41) is 3.69. The number of hydrogen-bond acceptors (Lipinski definition) is 6. The van der Waals surface area contributed by atoms with Crippen molar-refractivity contribution in [3.8, 4) is 0 Å². The summed E-state index contributed by atoms with van der Waals surface area (Å²) in [6, 6.07) is 6.24. The highest BCUT2D eigenvalue weighted by Crippen LogP contribution is 2.20. The number of rotatable bonds is 4. The SMILES string of the molecule is CCOC(=O)c1cnn(S(=O)(=O)c2ccc(C)cc2)c1N. The van der Waals surface area contributed by atoms with Crippen molar-refractivity contribution in [3.05, 3.63) is 41.6 Å². The number of aromatic nitrogens is 2. The third kappa shape index (κ3) is 2.75. The van der Waals surface area contributed by atoms with Gasteiger partial charge in [-0.25, -0.2) is 4.79 Å². The number of benzene rings is 1. The van der Waals surface area contributed by atoms with E-state index < -0.39 is 16.0 Å². The van der Waals surface area contributed by atoms with Gasteiger partial charge >= 0.3 is 5.97 Å². The maximum absolute atomic E-state index is 12.4. The number of ether oxygens (including phenoxy) is 1. The fourth-order valence-electron chi connectivity index (χ4n) is 1.71. The first-order valence-electron chi connectivity index (χ1n) is 6.20. The highest BCUT2D eigenvalue weighted by molar-refractivity contribution is 7.90. The molecule has 0 bridgehead atoms. The number of nitrogens with two attached hydrogens (primary N) is 1. The number of anilines is 1. The average Bonchev–Trinajstić information content (AvgIpc) is 2.82. The molecule has 0 radical (unpaired) electrons. The minimum Gasteiger partial charge on any atom is -0.462 e. The number of esters is 1. The zero-order chi connectivity index (χ0) is 15.6. The van der Waals surface area contributed by atoms with Gasteiger partial charge in [0.2, 0.25) is 0 Å². The lowest BCUT2D eigenvalue weighted by Crippen LogP contribution is -2.18. The fraction of sp³-hybridized carbons (Fsp3) is 0.231. The van der Waals surface area contributed by atoms with Crippen LogP contribution in [0.25, 0.3) is 0 Å².